The largest absolute Gasteiger partial charge is 0.356 e. The third kappa shape index (κ3) is 6.50. The van der Waals surface area contributed by atoms with Crippen molar-refractivity contribution in [3.63, 3.8) is 0 Å². The van der Waals surface area contributed by atoms with Crippen molar-refractivity contribution in [3.8, 4) is 0 Å². The molecule has 0 aliphatic carbocycles. The molecule has 1 saturated heterocycles. The molecular weight excluding hydrogens is 330 g/mol. The Labute approximate surface area is 155 Å². The number of hydrogen-bond donors (Lipinski definition) is 2. The van der Waals surface area contributed by atoms with E-state index in [2.05, 4.69) is 17.6 Å². The molecule has 142 valence electrons. The van der Waals surface area contributed by atoms with Gasteiger partial charge in [0.05, 0.1) is 0 Å². The summed E-state index contributed by atoms with van der Waals surface area (Å²) in [6.45, 7) is 5.92. The van der Waals surface area contributed by atoms with Crippen LogP contribution in [0.4, 0.5) is 0 Å². The number of piperidine rings is 1. The van der Waals surface area contributed by atoms with Crippen molar-refractivity contribution in [1.82, 2.24) is 15.5 Å². The van der Waals surface area contributed by atoms with Crippen molar-refractivity contribution in [2.45, 2.75) is 45.6 Å². The molecule has 1 aliphatic rings. The van der Waals surface area contributed by atoms with Crippen LogP contribution in [0.15, 0.2) is 30.3 Å². The van der Waals surface area contributed by atoms with E-state index in [1.807, 2.05) is 11.0 Å². The summed E-state index contributed by atoms with van der Waals surface area (Å²) in [6, 6.07) is 8.63. The number of nitrogens with one attached hydrogen (secondary N) is 2. The lowest BCUT2D eigenvalue weighted by Gasteiger charge is -2.31. The fourth-order valence-corrected chi connectivity index (χ4v) is 3.18. The van der Waals surface area contributed by atoms with E-state index >= 15 is 0 Å². The maximum absolute atomic E-state index is 12.2. The summed E-state index contributed by atoms with van der Waals surface area (Å²) in [7, 11) is 0. The number of rotatable bonds is 7. The van der Waals surface area contributed by atoms with Gasteiger partial charge in [-0.15, -0.1) is 0 Å². The summed E-state index contributed by atoms with van der Waals surface area (Å²) in [5, 5.41) is 5.58. The van der Waals surface area contributed by atoms with Gasteiger partial charge in [0.1, 0.15) is 0 Å². The van der Waals surface area contributed by atoms with Gasteiger partial charge in [-0.1, -0.05) is 25.1 Å². The van der Waals surface area contributed by atoms with Gasteiger partial charge >= 0.3 is 0 Å². The molecule has 26 heavy (non-hydrogen) atoms. The first-order valence-electron chi connectivity index (χ1n) is 9.36. The topological polar surface area (TPSA) is 78.5 Å². The number of likely N-dealkylation sites (tertiary alicyclic amines) is 1. The number of carbonyl (C=O) groups is 3. The number of carbonyl (C=O) groups excluding carboxylic acids is 3. The molecule has 6 heteroatoms. The molecule has 0 radical (unpaired) electrons. The fraction of sp³-hybridized carbons (Fsp3) is 0.550. The Bertz CT molecular complexity index is 618. The van der Waals surface area contributed by atoms with Gasteiger partial charge in [-0.2, -0.15) is 0 Å². The minimum atomic E-state index is -0.277. The Morgan fingerprint density at radius 3 is 2.65 bits per heavy atom. The first kappa shape index (κ1) is 19.9. The van der Waals surface area contributed by atoms with Crippen molar-refractivity contribution in [2.24, 2.45) is 5.92 Å². The molecule has 2 rings (SSSR count). The molecule has 6 nitrogen and oxygen atoms in total. The predicted molar refractivity (Wildman–Crippen MR) is 101 cm³/mol. The highest BCUT2D eigenvalue weighted by atomic mass is 16.2. The van der Waals surface area contributed by atoms with Crippen LogP contribution in [0.5, 0.6) is 0 Å². The van der Waals surface area contributed by atoms with Crippen LogP contribution in [0.2, 0.25) is 0 Å². The van der Waals surface area contributed by atoms with E-state index in [4.69, 9.17) is 0 Å². The van der Waals surface area contributed by atoms with Gasteiger partial charge in [0.25, 0.3) is 5.91 Å². The molecule has 0 bridgehead atoms. The van der Waals surface area contributed by atoms with Crippen LogP contribution in [0.1, 0.15) is 49.9 Å². The smallest absolute Gasteiger partial charge is 0.251 e. The van der Waals surface area contributed by atoms with Gasteiger partial charge in [0.2, 0.25) is 11.8 Å². The van der Waals surface area contributed by atoms with Gasteiger partial charge in [-0.05, 0) is 37.8 Å². The Hall–Kier alpha value is -2.37. The minimum Gasteiger partial charge on any atom is -0.356 e. The van der Waals surface area contributed by atoms with E-state index in [1.165, 1.54) is 6.42 Å². The Morgan fingerprint density at radius 1 is 1.23 bits per heavy atom. The van der Waals surface area contributed by atoms with E-state index in [9.17, 15) is 14.4 Å². The lowest BCUT2D eigenvalue weighted by molar-refractivity contribution is -0.132. The zero-order valence-electron chi connectivity index (χ0n) is 15.7. The van der Waals surface area contributed by atoms with Crippen molar-refractivity contribution in [1.29, 1.82) is 0 Å². The van der Waals surface area contributed by atoms with E-state index in [0.29, 0.717) is 24.4 Å². The van der Waals surface area contributed by atoms with Gasteiger partial charge in [0.15, 0.2) is 0 Å². The van der Waals surface area contributed by atoms with Crippen molar-refractivity contribution < 1.29 is 14.4 Å². The number of nitrogens with zero attached hydrogens (tertiary/aromatic N) is 1. The van der Waals surface area contributed by atoms with Crippen LogP contribution >= 0.6 is 0 Å². The Balaban J connectivity index is 1.65. The molecule has 1 heterocycles. The maximum atomic E-state index is 12.2. The lowest BCUT2D eigenvalue weighted by atomic mass is 10.00. The molecule has 1 fully saturated rings. The average Bonchev–Trinajstić information content (AvgIpc) is 2.62. The maximum Gasteiger partial charge on any atom is 0.251 e. The van der Waals surface area contributed by atoms with E-state index < -0.39 is 0 Å². The Morgan fingerprint density at radius 2 is 1.96 bits per heavy atom. The third-order valence-corrected chi connectivity index (χ3v) is 4.58. The molecule has 1 aliphatic heterocycles. The summed E-state index contributed by atoms with van der Waals surface area (Å²) >= 11 is 0. The van der Waals surface area contributed by atoms with Gasteiger partial charge in [0, 0.05) is 44.1 Å². The van der Waals surface area contributed by atoms with Crippen LogP contribution < -0.4 is 10.6 Å². The number of hydrogen-bond acceptors (Lipinski definition) is 3. The molecule has 0 spiro atoms. The predicted octanol–water partition coefficient (Wildman–Crippen LogP) is 1.96. The van der Waals surface area contributed by atoms with Crippen LogP contribution in [0.3, 0.4) is 0 Å². The molecule has 0 saturated carbocycles. The molecular formula is C20H29N3O3. The standard InChI is InChI=1S/C20H29N3O3/c1-15-7-6-12-23(14-15)19(25)10-11-21-18(24)13-16(2)22-20(26)17-8-4-3-5-9-17/h3-5,8-9,15-16H,6-7,10-14H2,1-2H3,(H,21,24)(H,22,26). The highest BCUT2D eigenvalue weighted by Crippen LogP contribution is 2.15. The minimum absolute atomic E-state index is 0.0993. The van der Waals surface area contributed by atoms with Gasteiger partial charge in [-0.25, -0.2) is 0 Å². The monoisotopic (exact) mass is 359 g/mol. The average molecular weight is 359 g/mol. The second-order valence-corrected chi connectivity index (χ2v) is 7.13. The summed E-state index contributed by atoms with van der Waals surface area (Å²) < 4.78 is 0. The van der Waals surface area contributed by atoms with Gasteiger partial charge < -0.3 is 15.5 Å². The second kappa shape index (κ2) is 9.94. The summed E-state index contributed by atoms with van der Waals surface area (Å²) in [6.07, 6.45) is 2.74. The zero-order valence-corrected chi connectivity index (χ0v) is 15.7. The molecule has 2 unspecified atom stereocenters. The normalized spacial score (nSPS) is 18.1. The van der Waals surface area contributed by atoms with Crippen LogP contribution in [0.25, 0.3) is 0 Å². The second-order valence-electron chi connectivity index (χ2n) is 7.13. The third-order valence-electron chi connectivity index (χ3n) is 4.58. The molecule has 1 aromatic rings. The van der Waals surface area contributed by atoms with Crippen LogP contribution in [0, 0.1) is 5.92 Å². The molecule has 2 N–H and O–H groups in total. The Kier molecular flexibility index (Phi) is 7.63. The highest BCUT2D eigenvalue weighted by molar-refractivity contribution is 5.94. The molecule has 3 amide bonds. The first-order valence-corrected chi connectivity index (χ1v) is 9.36. The zero-order chi connectivity index (χ0) is 18.9. The van der Waals surface area contributed by atoms with Crippen LogP contribution in [-0.2, 0) is 9.59 Å². The van der Waals surface area contributed by atoms with Crippen LogP contribution in [-0.4, -0.2) is 48.3 Å². The number of benzene rings is 1. The molecule has 1 aromatic carbocycles. The lowest BCUT2D eigenvalue weighted by Crippen LogP contribution is -2.41. The van der Waals surface area contributed by atoms with Crippen molar-refractivity contribution in [2.75, 3.05) is 19.6 Å². The summed E-state index contributed by atoms with van der Waals surface area (Å²) in [5.74, 6) is 0.296. The van der Waals surface area contributed by atoms with Crippen molar-refractivity contribution in [3.05, 3.63) is 35.9 Å². The van der Waals surface area contributed by atoms with E-state index in [0.717, 1.165) is 19.5 Å². The number of amides is 3. The van der Waals surface area contributed by atoms with E-state index in [-0.39, 0.29) is 30.2 Å². The highest BCUT2D eigenvalue weighted by Gasteiger charge is 2.20. The summed E-state index contributed by atoms with van der Waals surface area (Å²) in [4.78, 5) is 38.1. The van der Waals surface area contributed by atoms with Gasteiger partial charge in [-0.3, -0.25) is 14.4 Å². The first-order chi connectivity index (χ1) is 12.5. The molecule has 2 atom stereocenters. The van der Waals surface area contributed by atoms with Crippen molar-refractivity contribution >= 4 is 17.7 Å². The SMILES string of the molecule is CC1CCCN(C(=O)CCNC(=O)CC(C)NC(=O)c2ccccc2)C1. The summed E-state index contributed by atoms with van der Waals surface area (Å²) in [5.41, 5.74) is 0.570. The van der Waals surface area contributed by atoms with E-state index in [1.54, 1.807) is 31.2 Å². The molecule has 0 aromatic heterocycles. The quantitative estimate of drug-likeness (QED) is 0.781. The fourth-order valence-electron chi connectivity index (χ4n) is 3.18.